The summed E-state index contributed by atoms with van der Waals surface area (Å²) in [4.78, 5) is 38.4. The molecule has 6 nitrogen and oxygen atoms in total. The lowest BCUT2D eigenvalue weighted by atomic mass is 10.1. The molecular formula is C77H124O6. The van der Waals surface area contributed by atoms with E-state index in [1.54, 1.807) is 0 Å². The highest BCUT2D eigenvalue weighted by atomic mass is 16.6. The van der Waals surface area contributed by atoms with Gasteiger partial charge < -0.3 is 14.2 Å². The topological polar surface area (TPSA) is 78.9 Å². The minimum Gasteiger partial charge on any atom is -0.462 e. The zero-order chi connectivity index (χ0) is 59.9. The summed E-state index contributed by atoms with van der Waals surface area (Å²) in [5.74, 6) is -0.917. The van der Waals surface area contributed by atoms with Crippen molar-refractivity contribution in [3.63, 3.8) is 0 Å². The van der Waals surface area contributed by atoms with Crippen LogP contribution >= 0.6 is 0 Å². The molecule has 1 unspecified atom stereocenters. The first-order chi connectivity index (χ1) is 41.0. The van der Waals surface area contributed by atoms with Crippen LogP contribution in [-0.4, -0.2) is 37.2 Å². The molecule has 0 aliphatic carbocycles. The Bertz CT molecular complexity index is 1840. The minimum absolute atomic E-state index is 0.0938. The zero-order valence-corrected chi connectivity index (χ0v) is 53.7. The maximum atomic E-state index is 12.9. The number of carbonyl (C=O) groups excluding carboxylic acids is 3. The molecule has 0 fully saturated rings. The van der Waals surface area contributed by atoms with Crippen molar-refractivity contribution in [1.29, 1.82) is 0 Å². The zero-order valence-electron chi connectivity index (χ0n) is 53.7. The van der Waals surface area contributed by atoms with Gasteiger partial charge in [-0.05, 0) is 141 Å². The summed E-state index contributed by atoms with van der Waals surface area (Å²) in [6.07, 6.45) is 101. The van der Waals surface area contributed by atoms with Crippen LogP contribution in [-0.2, 0) is 28.6 Å². The van der Waals surface area contributed by atoms with Gasteiger partial charge in [0.2, 0.25) is 0 Å². The number of esters is 3. The van der Waals surface area contributed by atoms with Gasteiger partial charge >= 0.3 is 17.9 Å². The molecule has 1 atom stereocenters. The quantitative estimate of drug-likeness (QED) is 0.0261. The van der Waals surface area contributed by atoms with Crippen molar-refractivity contribution in [2.75, 3.05) is 13.2 Å². The number of allylic oxidation sites excluding steroid dienone is 26. The highest BCUT2D eigenvalue weighted by Gasteiger charge is 2.19. The van der Waals surface area contributed by atoms with E-state index < -0.39 is 6.10 Å². The first kappa shape index (κ1) is 78.0. The van der Waals surface area contributed by atoms with E-state index in [1.165, 1.54) is 89.9 Å². The SMILES string of the molecule is CC/C=C\C/C=C\C/C=C\C/C=C\C/C=C\C/C=C\C/C=C\CCCCCCCCCCCC(=O)OCC(COC(=O)CCCCCCCCC/C=C\C/C=C\C/C=C\CC)OC(=O)CCCCCCCCC/C=C\C/C=C\C/C=C\CC. The Kier molecular flexibility index (Phi) is 65.4. The lowest BCUT2D eigenvalue weighted by molar-refractivity contribution is -0.167. The molecule has 0 saturated heterocycles. The van der Waals surface area contributed by atoms with Crippen LogP contribution in [0.2, 0.25) is 0 Å². The van der Waals surface area contributed by atoms with Gasteiger partial charge in [-0.25, -0.2) is 0 Å². The maximum Gasteiger partial charge on any atom is 0.306 e. The molecule has 0 amide bonds. The molecule has 0 bridgehead atoms. The summed E-state index contributed by atoms with van der Waals surface area (Å²) in [7, 11) is 0. The van der Waals surface area contributed by atoms with Crippen molar-refractivity contribution in [2.45, 2.75) is 297 Å². The summed E-state index contributed by atoms with van der Waals surface area (Å²) < 4.78 is 16.9. The third-order valence-electron chi connectivity index (χ3n) is 14.0. The maximum absolute atomic E-state index is 12.9. The van der Waals surface area contributed by atoms with Crippen molar-refractivity contribution in [3.8, 4) is 0 Å². The van der Waals surface area contributed by atoms with Crippen molar-refractivity contribution in [1.82, 2.24) is 0 Å². The Hall–Kier alpha value is -4.97. The van der Waals surface area contributed by atoms with Crippen LogP contribution < -0.4 is 0 Å². The molecule has 468 valence electrons. The minimum atomic E-state index is -0.799. The first-order valence-electron chi connectivity index (χ1n) is 34.0. The summed E-state index contributed by atoms with van der Waals surface area (Å²) >= 11 is 0. The molecule has 0 radical (unpaired) electrons. The van der Waals surface area contributed by atoms with Gasteiger partial charge in [0.15, 0.2) is 6.10 Å². The van der Waals surface area contributed by atoms with E-state index in [9.17, 15) is 14.4 Å². The van der Waals surface area contributed by atoms with E-state index in [2.05, 4.69) is 179 Å². The van der Waals surface area contributed by atoms with Crippen molar-refractivity contribution in [2.24, 2.45) is 0 Å². The predicted molar refractivity (Wildman–Crippen MR) is 362 cm³/mol. The average Bonchev–Trinajstić information content (AvgIpc) is 3.49. The summed E-state index contributed by atoms with van der Waals surface area (Å²) in [5.41, 5.74) is 0. The van der Waals surface area contributed by atoms with E-state index in [1.807, 2.05) is 0 Å². The molecule has 0 aliphatic rings. The third-order valence-corrected chi connectivity index (χ3v) is 14.0. The molecular weight excluding hydrogens is 1020 g/mol. The van der Waals surface area contributed by atoms with Crippen LogP contribution in [0.3, 0.4) is 0 Å². The number of hydrogen-bond acceptors (Lipinski definition) is 6. The van der Waals surface area contributed by atoms with Crippen molar-refractivity contribution < 1.29 is 28.6 Å². The normalized spacial score (nSPS) is 13.1. The lowest BCUT2D eigenvalue weighted by Gasteiger charge is -2.18. The molecule has 0 aromatic carbocycles. The highest BCUT2D eigenvalue weighted by Crippen LogP contribution is 2.15. The second-order valence-electron chi connectivity index (χ2n) is 21.9. The molecule has 0 saturated carbocycles. The Balaban J connectivity index is 4.36. The fourth-order valence-electron chi connectivity index (χ4n) is 9.04. The fraction of sp³-hybridized carbons (Fsp3) is 0.623. The van der Waals surface area contributed by atoms with Gasteiger partial charge in [0, 0.05) is 19.3 Å². The summed E-state index contributed by atoms with van der Waals surface area (Å²) in [6.45, 7) is 6.29. The van der Waals surface area contributed by atoms with E-state index in [0.717, 1.165) is 161 Å². The third kappa shape index (κ3) is 67.7. The van der Waals surface area contributed by atoms with Gasteiger partial charge in [-0.2, -0.15) is 0 Å². The van der Waals surface area contributed by atoms with Crippen LogP contribution in [0.5, 0.6) is 0 Å². The van der Waals surface area contributed by atoms with Crippen LogP contribution in [0, 0.1) is 0 Å². The van der Waals surface area contributed by atoms with Crippen molar-refractivity contribution >= 4 is 17.9 Å². The molecule has 6 heteroatoms. The second kappa shape index (κ2) is 69.5. The number of rotatable bonds is 60. The first-order valence-corrected chi connectivity index (χ1v) is 34.0. The Labute approximate surface area is 511 Å². The molecule has 0 aliphatic heterocycles. The Morgan fingerprint density at radius 3 is 0.675 bits per heavy atom. The molecule has 83 heavy (non-hydrogen) atoms. The molecule has 0 aromatic heterocycles. The fourth-order valence-corrected chi connectivity index (χ4v) is 9.04. The van der Waals surface area contributed by atoms with E-state index in [4.69, 9.17) is 14.2 Å². The van der Waals surface area contributed by atoms with Crippen LogP contribution in [0.4, 0.5) is 0 Å². The lowest BCUT2D eigenvalue weighted by Crippen LogP contribution is -2.30. The van der Waals surface area contributed by atoms with Crippen LogP contribution in [0.1, 0.15) is 290 Å². The number of ether oxygens (including phenoxy) is 3. The summed E-state index contributed by atoms with van der Waals surface area (Å²) in [6, 6.07) is 0. The smallest absolute Gasteiger partial charge is 0.306 e. The van der Waals surface area contributed by atoms with Gasteiger partial charge in [0.1, 0.15) is 13.2 Å². The Morgan fingerprint density at radius 1 is 0.241 bits per heavy atom. The largest absolute Gasteiger partial charge is 0.462 e. The van der Waals surface area contributed by atoms with E-state index in [0.29, 0.717) is 19.3 Å². The Morgan fingerprint density at radius 2 is 0.434 bits per heavy atom. The average molecular weight is 1150 g/mol. The standard InChI is InChI=1S/C77H124O6/c1-4-7-10-13-16-19-22-25-28-31-32-33-34-35-36-37-38-39-40-41-42-43-44-47-49-52-55-58-61-64-67-70-76(79)82-73-74(83-77(80)71-68-65-62-59-56-53-50-46-30-27-24-21-18-15-12-9-6-3)72-81-75(78)69-66-63-60-57-54-51-48-45-29-26-23-20-17-14-11-8-5-2/h7-12,16-21,25-30,32-33,35-36,38-39,41-42,74H,4-6,13-15,22-24,31,34,37,40,43-73H2,1-3H3/b10-7-,11-8-,12-9-,19-16-,20-17-,21-18-,28-25-,29-26-,30-27-,33-32-,36-35-,39-38-,42-41-. The monoisotopic (exact) mass is 1140 g/mol. The highest BCUT2D eigenvalue weighted by molar-refractivity contribution is 5.71. The summed E-state index contributed by atoms with van der Waals surface area (Å²) in [5, 5.41) is 0. The van der Waals surface area contributed by atoms with Gasteiger partial charge in [-0.1, -0.05) is 288 Å². The van der Waals surface area contributed by atoms with Gasteiger partial charge in [0.25, 0.3) is 0 Å². The molecule has 0 rings (SSSR count). The van der Waals surface area contributed by atoms with Crippen molar-refractivity contribution in [3.05, 3.63) is 158 Å². The van der Waals surface area contributed by atoms with E-state index in [-0.39, 0.29) is 31.1 Å². The van der Waals surface area contributed by atoms with E-state index >= 15 is 0 Å². The van der Waals surface area contributed by atoms with Crippen LogP contribution in [0.15, 0.2) is 158 Å². The van der Waals surface area contributed by atoms with Gasteiger partial charge in [-0.15, -0.1) is 0 Å². The van der Waals surface area contributed by atoms with Crippen LogP contribution in [0.25, 0.3) is 0 Å². The molecule has 0 heterocycles. The number of carbonyl (C=O) groups is 3. The molecule has 0 aromatic rings. The second-order valence-corrected chi connectivity index (χ2v) is 21.9. The number of hydrogen-bond donors (Lipinski definition) is 0. The van der Waals surface area contributed by atoms with Gasteiger partial charge in [0.05, 0.1) is 0 Å². The molecule has 0 spiro atoms. The van der Waals surface area contributed by atoms with Gasteiger partial charge in [-0.3, -0.25) is 14.4 Å². The predicted octanol–water partition coefficient (Wildman–Crippen LogP) is 23.7. The number of unbranched alkanes of at least 4 members (excludes halogenated alkanes) is 23. The molecule has 0 N–H and O–H groups in total.